The van der Waals surface area contributed by atoms with Crippen LogP contribution in [0.15, 0.2) is 34.7 Å². The summed E-state index contributed by atoms with van der Waals surface area (Å²) in [6, 6.07) is 7.27. The fraction of sp³-hybridized carbons (Fsp3) is 0.231. The van der Waals surface area contributed by atoms with Crippen LogP contribution in [0, 0.1) is 6.92 Å². The summed E-state index contributed by atoms with van der Waals surface area (Å²) in [6.45, 7) is 2.55. The molecule has 0 saturated carbocycles. The molecule has 0 fully saturated rings. The van der Waals surface area contributed by atoms with Gasteiger partial charge < -0.3 is 4.90 Å². The van der Waals surface area contributed by atoms with Crippen molar-refractivity contribution in [1.82, 2.24) is 9.88 Å². The van der Waals surface area contributed by atoms with Crippen LogP contribution in [0.25, 0.3) is 0 Å². The third kappa shape index (κ3) is 2.91. The van der Waals surface area contributed by atoms with Crippen molar-refractivity contribution in [1.29, 1.82) is 0 Å². The van der Waals surface area contributed by atoms with Crippen LogP contribution in [0.2, 0.25) is 0 Å². The number of aromatic nitrogens is 1. The van der Waals surface area contributed by atoms with Gasteiger partial charge in [-0.15, -0.1) is 24.0 Å². The molecule has 2 aromatic rings. The van der Waals surface area contributed by atoms with E-state index in [1.165, 1.54) is 0 Å². The summed E-state index contributed by atoms with van der Waals surface area (Å²) in [7, 11) is 1.80. The number of carbonyl (C=O) groups is 1. The zero-order chi connectivity index (χ0) is 13.1. The summed E-state index contributed by atoms with van der Waals surface area (Å²) in [4.78, 5) is 20.0. The first-order valence-corrected chi connectivity index (χ1v) is 6.84. The second-order valence-corrected chi connectivity index (χ2v) is 5.53. The molecule has 0 radical (unpaired) electrons. The molecule has 0 N–H and O–H groups in total. The van der Waals surface area contributed by atoms with Crippen molar-refractivity contribution in [2.24, 2.45) is 0 Å². The number of rotatable bonds is 3. The first-order chi connectivity index (χ1) is 8.58. The lowest BCUT2D eigenvalue weighted by Gasteiger charge is -2.16. The van der Waals surface area contributed by atoms with Crippen molar-refractivity contribution in [3.63, 3.8) is 0 Å². The minimum atomic E-state index is -0.00120. The van der Waals surface area contributed by atoms with Crippen LogP contribution in [0.3, 0.4) is 0 Å². The Hall–Kier alpha value is -1.33. The minimum absolute atomic E-state index is 0.00120. The van der Waals surface area contributed by atoms with E-state index in [9.17, 15) is 4.79 Å². The van der Waals surface area contributed by atoms with E-state index in [1.54, 1.807) is 40.9 Å². The minimum Gasteiger partial charge on any atom is -0.336 e. The van der Waals surface area contributed by atoms with E-state index in [2.05, 4.69) is 17.6 Å². The summed E-state index contributed by atoms with van der Waals surface area (Å²) in [6.07, 6.45) is 0. The molecule has 18 heavy (non-hydrogen) atoms. The zero-order valence-corrected chi connectivity index (χ0v) is 12.0. The number of aryl methyl sites for hydroxylation is 1. The molecule has 3 nitrogen and oxygen atoms in total. The predicted molar refractivity (Wildman–Crippen MR) is 76.3 cm³/mol. The molecule has 2 rings (SSSR count). The smallest absolute Gasteiger partial charge is 0.253 e. The highest BCUT2D eigenvalue weighted by Gasteiger charge is 2.14. The summed E-state index contributed by atoms with van der Waals surface area (Å²) >= 11 is 5.82. The number of benzene rings is 1. The fourth-order valence-corrected chi connectivity index (χ4v) is 2.68. The van der Waals surface area contributed by atoms with Gasteiger partial charge in [0.1, 0.15) is 0 Å². The summed E-state index contributed by atoms with van der Waals surface area (Å²) in [5.74, 6) is -0.00120. The largest absolute Gasteiger partial charge is 0.336 e. The van der Waals surface area contributed by atoms with Gasteiger partial charge in [-0.1, -0.05) is 6.07 Å². The third-order valence-electron chi connectivity index (χ3n) is 2.67. The average molecular weight is 278 g/mol. The van der Waals surface area contributed by atoms with Crippen LogP contribution in [0.5, 0.6) is 0 Å². The predicted octanol–water partition coefficient (Wildman–Crippen LogP) is 3.01. The van der Waals surface area contributed by atoms with Gasteiger partial charge in [-0.2, -0.15) is 0 Å². The van der Waals surface area contributed by atoms with E-state index in [1.807, 2.05) is 19.1 Å². The molecular weight excluding hydrogens is 264 g/mol. The molecule has 0 unspecified atom stereocenters. The molecule has 0 bridgehead atoms. The van der Waals surface area contributed by atoms with Gasteiger partial charge in [-0.3, -0.25) is 4.79 Å². The molecule has 1 amide bonds. The van der Waals surface area contributed by atoms with Gasteiger partial charge in [0.2, 0.25) is 0 Å². The van der Waals surface area contributed by atoms with E-state index in [-0.39, 0.29) is 5.91 Å². The van der Waals surface area contributed by atoms with Crippen molar-refractivity contribution in [3.05, 3.63) is 45.9 Å². The monoisotopic (exact) mass is 278 g/mol. The molecule has 94 valence electrons. The van der Waals surface area contributed by atoms with E-state index >= 15 is 0 Å². The second kappa shape index (κ2) is 5.54. The third-order valence-corrected chi connectivity index (χ3v) is 3.86. The molecule has 1 aromatic heterocycles. The number of thiazole rings is 1. The van der Waals surface area contributed by atoms with Crippen molar-refractivity contribution in [3.8, 4) is 0 Å². The van der Waals surface area contributed by atoms with Gasteiger partial charge in [0, 0.05) is 22.4 Å². The Morgan fingerprint density at radius 1 is 1.50 bits per heavy atom. The van der Waals surface area contributed by atoms with Crippen LogP contribution in [0.4, 0.5) is 0 Å². The number of nitrogens with zero attached hydrogens (tertiary/aromatic N) is 2. The topological polar surface area (TPSA) is 33.2 Å². The maximum Gasteiger partial charge on any atom is 0.253 e. The van der Waals surface area contributed by atoms with Crippen molar-refractivity contribution < 1.29 is 4.79 Å². The zero-order valence-electron chi connectivity index (χ0n) is 10.3. The Morgan fingerprint density at radius 2 is 2.28 bits per heavy atom. The van der Waals surface area contributed by atoms with Crippen LogP contribution >= 0.6 is 24.0 Å². The van der Waals surface area contributed by atoms with Gasteiger partial charge in [0.25, 0.3) is 5.91 Å². The molecule has 0 aliphatic carbocycles. The summed E-state index contributed by atoms with van der Waals surface area (Å²) < 4.78 is 0. The van der Waals surface area contributed by atoms with Crippen LogP contribution < -0.4 is 0 Å². The molecule has 0 spiro atoms. The number of hydrogen-bond acceptors (Lipinski definition) is 4. The molecule has 5 heteroatoms. The molecule has 0 aliphatic rings. The highest BCUT2D eigenvalue weighted by atomic mass is 32.1. The van der Waals surface area contributed by atoms with Crippen LogP contribution in [-0.2, 0) is 6.54 Å². The van der Waals surface area contributed by atoms with E-state index in [0.717, 1.165) is 15.5 Å². The first kappa shape index (κ1) is 13.1. The molecule has 1 heterocycles. The highest BCUT2D eigenvalue weighted by molar-refractivity contribution is 7.80. The van der Waals surface area contributed by atoms with Crippen LogP contribution in [0.1, 0.15) is 20.9 Å². The molecule has 0 saturated heterocycles. The molecule has 1 aromatic carbocycles. The van der Waals surface area contributed by atoms with Gasteiger partial charge in [-0.05, 0) is 25.1 Å². The van der Waals surface area contributed by atoms with E-state index in [4.69, 9.17) is 0 Å². The maximum absolute atomic E-state index is 12.2. The van der Waals surface area contributed by atoms with Crippen molar-refractivity contribution in [2.75, 3.05) is 7.05 Å². The normalized spacial score (nSPS) is 10.4. The maximum atomic E-state index is 12.2. The molecule has 0 aliphatic heterocycles. The van der Waals surface area contributed by atoms with Gasteiger partial charge in [0.15, 0.2) is 0 Å². The van der Waals surface area contributed by atoms with Crippen molar-refractivity contribution >= 4 is 29.9 Å². The Balaban J connectivity index is 2.12. The quantitative estimate of drug-likeness (QED) is 0.876. The highest BCUT2D eigenvalue weighted by Crippen LogP contribution is 2.16. The van der Waals surface area contributed by atoms with Gasteiger partial charge in [0.05, 0.1) is 17.7 Å². The lowest BCUT2D eigenvalue weighted by atomic mass is 10.2. The number of amides is 1. The van der Waals surface area contributed by atoms with E-state index in [0.29, 0.717) is 12.1 Å². The van der Waals surface area contributed by atoms with Crippen LogP contribution in [-0.4, -0.2) is 22.8 Å². The number of carbonyl (C=O) groups excluding carboxylic acids is 1. The Kier molecular flexibility index (Phi) is 4.04. The summed E-state index contributed by atoms with van der Waals surface area (Å²) in [5.41, 5.74) is 3.45. The SMILES string of the molecule is Cc1ncsc1CN(C)C(=O)c1cccc(S)c1. The average Bonchev–Trinajstić information content (AvgIpc) is 2.74. The summed E-state index contributed by atoms with van der Waals surface area (Å²) in [5, 5.41) is 0. The molecular formula is C13H14N2OS2. The lowest BCUT2D eigenvalue weighted by molar-refractivity contribution is 0.0786. The standard InChI is InChI=1S/C13H14N2OS2/c1-9-12(18-8-14-9)7-15(2)13(16)10-4-3-5-11(17)6-10/h3-6,8,17H,7H2,1-2H3. The van der Waals surface area contributed by atoms with E-state index < -0.39 is 0 Å². The first-order valence-electron chi connectivity index (χ1n) is 5.51. The second-order valence-electron chi connectivity index (χ2n) is 4.07. The fourth-order valence-electron chi connectivity index (χ4n) is 1.62. The lowest BCUT2D eigenvalue weighted by Crippen LogP contribution is -2.26. The number of thiol groups is 1. The Morgan fingerprint density at radius 3 is 2.89 bits per heavy atom. The van der Waals surface area contributed by atoms with Gasteiger partial charge in [-0.25, -0.2) is 4.98 Å². The molecule has 0 atom stereocenters. The number of hydrogen-bond donors (Lipinski definition) is 1. The Labute approximate surface area is 116 Å². The van der Waals surface area contributed by atoms with Crippen molar-refractivity contribution in [2.45, 2.75) is 18.4 Å². The Bertz CT molecular complexity index is 566. The van der Waals surface area contributed by atoms with Gasteiger partial charge >= 0.3 is 0 Å².